The second-order valence-corrected chi connectivity index (χ2v) is 3.07. The molecule has 0 aromatic carbocycles. The summed E-state index contributed by atoms with van der Waals surface area (Å²) in [5.74, 6) is 1.01. The maximum atomic E-state index is 5.61. The summed E-state index contributed by atoms with van der Waals surface area (Å²) in [7, 11) is 0. The van der Waals surface area contributed by atoms with E-state index < -0.39 is 0 Å². The van der Waals surface area contributed by atoms with Crippen LogP contribution in [0.2, 0.25) is 0 Å². The monoisotopic (exact) mass is 190 g/mol. The predicted molar refractivity (Wildman–Crippen MR) is 51.4 cm³/mol. The van der Waals surface area contributed by atoms with Crippen molar-refractivity contribution < 1.29 is 4.52 Å². The number of rotatable bonds is 1. The maximum absolute atomic E-state index is 5.61. The van der Waals surface area contributed by atoms with E-state index in [1.54, 1.807) is 6.07 Å². The van der Waals surface area contributed by atoms with Crippen LogP contribution in [-0.2, 0) is 0 Å². The van der Waals surface area contributed by atoms with Gasteiger partial charge in [0.2, 0.25) is 0 Å². The van der Waals surface area contributed by atoms with Crippen LogP contribution < -0.4 is 5.73 Å². The fourth-order valence-electron chi connectivity index (χ4n) is 1.22. The largest absolute Gasteiger partial charge is 0.384 e. The molecule has 2 N–H and O–H groups in total. The van der Waals surface area contributed by atoms with Gasteiger partial charge >= 0.3 is 0 Å². The van der Waals surface area contributed by atoms with Crippen molar-refractivity contribution in [3.05, 3.63) is 23.7 Å². The Labute approximate surface area is 81.0 Å². The van der Waals surface area contributed by atoms with Gasteiger partial charge in [-0.2, -0.15) is 0 Å². The molecule has 0 amide bonds. The number of nitrogens with two attached hydrogens (primary N) is 1. The summed E-state index contributed by atoms with van der Waals surface area (Å²) in [6.07, 6.45) is 1.52. The molecule has 2 heterocycles. The van der Waals surface area contributed by atoms with Crippen LogP contribution in [0.25, 0.3) is 11.4 Å². The van der Waals surface area contributed by atoms with Crippen LogP contribution >= 0.6 is 0 Å². The van der Waals surface area contributed by atoms with Crippen molar-refractivity contribution in [3.63, 3.8) is 0 Å². The summed E-state index contributed by atoms with van der Waals surface area (Å²) >= 11 is 0. The van der Waals surface area contributed by atoms with Crippen molar-refractivity contribution in [1.82, 2.24) is 15.1 Å². The molecule has 0 bridgehead atoms. The zero-order valence-electron chi connectivity index (χ0n) is 7.98. The minimum atomic E-state index is 0.452. The van der Waals surface area contributed by atoms with E-state index in [-0.39, 0.29) is 0 Å². The third-order valence-electron chi connectivity index (χ3n) is 1.86. The van der Waals surface area contributed by atoms with E-state index in [0.717, 1.165) is 17.0 Å². The predicted octanol–water partition coefficient (Wildman–Crippen LogP) is 1.33. The topological polar surface area (TPSA) is 77.8 Å². The van der Waals surface area contributed by atoms with Gasteiger partial charge in [-0.05, 0) is 13.8 Å². The molecule has 5 nitrogen and oxygen atoms in total. The van der Waals surface area contributed by atoms with Crippen LogP contribution in [-0.4, -0.2) is 15.1 Å². The number of hydrogen-bond acceptors (Lipinski definition) is 5. The van der Waals surface area contributed by atoms with E-state index in [2.05, 4.69) is 15.1 Å². The Bertz CT molecular complexity index is 443. The second-order valence-electron chi connectivity index (χ2n) is 3.07. The van der Waals surface area contributed by atoms with Gasteiger partial charge in [-0.15, -0.1) is 0 Å². The van der Waals surface area contributed by atoms with Crippen molar-refractivity contribution in [1.29, 1.82) is 0 Å². The Morgan fingerprint density at radius 3 is 2.64 bits per heavy atom. The maximum Gasteiger partial charge on any atom is 0.166 e. The van der Waals surface area contributed by atoms with Crippen molar-refractivity contribution >= 4 is 5.82 Å². The molecular formula is C9H10N4O. The van der Waals surface area contributed by atoms with Crippen LogP contribution in [0.4, 0.5) is 5.82 Å². The molecule has 14 heavy (non-hydrogen) atoms. The summed E-state index contributed by atoms with van der Waals surface area (Å²) in [4.78, 5) is 8.35. The first-order chi connectivity index (χ1) is 6.66. The van der Waals surface area contributed by atoms with Gasteiger partial charge in [-0.25, -0.2) is 9.97 Å². The van der Waals surface area contributed by atoms with E-state index in [4.69, 9.17) is 10.3 Å². The summed E-state index contributed by atoms with van der Waals surface area (Å²) in [6, 6.07) is 1.71. The van der Waals surface area contributed by atoms with Crippen LogP contribution in [0, 0.1) is 13.8 Å². The van der Waals surface area contributed by atoms with Crippen molar-refractivity contribution in [2.75, 3.05) is 5.73 Å². The zero-order chi connectivity index (χ0) is 10.1. The van der Waals surface area contributed by atoms with Gasteiger partial charge in [0, 0.05) is 11.8 Å². The first-order valence-corrected chi connectivity index (χ1v) is 4.19. The van der Waals surface area contributed by atoms with Crippen LogP contribution in [0.1, 0.15) is 11.4 Å². The first-order valence-electron chi connectivity index (χ1n) is 4.19. The fraction of sp³-hybridized carbons (Fsp3) is 0.222. The van der Waals surface area contributed by atoms with Crippen molar-refractivity contribution in [2.24, 2.45) is 0 Å². The highest BCUT2D eigenvalue weighted by atomic mass is 16.5. The first kappa shape index (κ1) is 8.68. The Balaban J connectivity index is 2.57. The van der Waals surface area contributed by atoms with E-state index in [1.165, 1.54) is 6.26 Å². The van der Waals surface area contributed by atoms with E-state index in [1.807, 2.05) is 13.8 Å². The molecule has 0 aliphatic carbocycles. The Kier molecular flexibility index (Phi) is 1.92. The Morgan fingerprint density at radius 2 is 2.07 bits per heavy atom. The van der Waals surface area contributed by atoms with Crippen molar-refractivity contribution in [2.45, 2.75) is 13.8 Å². The molecule has 2 aromatic heterocycles. The molecule has 0 saturated carbocycles. The lowest BCUT2D eigenvalue weighted by Gasteiger charge is -2.00. The van der Waals surface area contributed by atoms with Gasteiger partial charge < -0.3 is 10.3 Å². The van der Waals surface area contributed by atoms with Gasteiger partial charge in [0.05, 0.1) is 11.3 Å². The molecule has 2 rings (SSSR count). The number of nitrogen functional groups attached to an aromatic ring is 1. The highest BCUT2D eigenvalue weighted by molar-refractivity contribution is 5.57. The Hall–Kier alpha value is -1.91. The quantitative estimate of drug-likeness (QED) is 0.733. The molecule has 72 valence electrons. The van der Waals surface area contributed by atoms with Crippen LogP contribution in [0.3, 0.4) is 0 Å². The van der Waals surface area contributed by atoms with Gasteiger partial charge in [0.25, 0.3) is 0 Å². The number of nitrogens with zero attached hydrogens (tertiary/aromatic N) is 3. The van der Waals surface area contributed by atoms with Gasteiger partial charge in [-0.1, -0.05) is 5.16 Å². The lowest BCUT2D eigenvalue weighted by molar-refractivity contribution is 0.415. The van der Waals surface area contributed by atoms with Crippen LogP contribution in [0.15, 0.2) is 16.9 Å². The standard InChI is InChI=1S/C9H10N4O/c1-5-3-8(10)12-9(11-5)7-4-14-13-6(7)2/h3-4H,1-2H3,(H2,10,11,12). The molecule has 0 unspecified atom stereocenters. The van der Waals surface area contributed by atoms with E-state index >= 15 is 0 Å². The summed E-state index contributed by atoms with van der Waals surface area (Å²) in [6.45, 7) is 3.70. The molecule has 0 atom stereocenters. The van der Waals surface area contributed by atoms with E-state index in [0.29, 0.717) is 11.6 Å². The summed E-state index contributed by atoms with van der Waals surface area (Å²) in [5.41, 5.74) is 7.98. The van der Waals surface area contributed by atoms with Crippen LogP contribution in [0.5, 0.6) is 0 Å². The average molecular weight is 190 g/mol. The molecular weight excluding hydrogens is 180 g/mol. The van der Waals surface area contributed by atoms with Gasteiger partial charge in [0.15, 0.2) is 5.82 Å². The molecule has 0 radical (unpaired) electrons. The molecule has 0 saturated heterocycles. The lowest BCUT2D eigenvalue weighted by atomic mass is 10.2. The number of aromatic nitrogens is 3. The molecule has 0 spiro atoms. The third kappa shape index (κ3) is 1.44. The summed E-state index contributed by atoms with van der Waals surface area (Å²) < 4.78 is 4.81. The molecule has 0 aliphatic rings. The number of aryl methyl sites for hydroxylation is 2. The minimum absolute atomic E-state index is 0.452. The smallest absolute Gasteiger partial charge is 0.166 e. The fourth-order valence-corrected chi connectivity index (χ4v) is 1.22. The zero-order valence-corrected chi connectivity index (χ0v) is 7.98. The normalized spacial score (nSPS) is 10.4. The molecule has 2 aromatic rings. The van der Waals surface area contributed by atoms with Crippen molar-refractivity contribution in [3.8, 4) is 11.4 Å². The Morgan fingerprint density at radius 1 is 1.29 bits per heavy atom. The second kappa shape index (κ2) is 3.10. The number of anilines is 1. The number of hydrogen-bond donors (Lipinski definition) is 1. The SMILES string of the molecule is Cc1cc(N)nc(-c2conc2C)n1. The highest BCUT2D eigenvalue weighted by Crippen LogP contribution is 2.19. The molecule has 0 aliphatic heterocycles. The summed E-state index contributed by atoms with van der Waals surface area (Å²) in [5, 5.41) is 3.76. The van der Waals surface area contributed by atoms with Gasteiger partial charge in [0.1, 0.15) is 12.1 Å². The van der Waals surface area contributed by atoms with E-state index in [9.17, 15) is 0 Å². The third-order valence-corrected chi connectivity index (χ3v) is 1.86. The van der Waals surface area contributed by atoms with Gasteiger partial charge in [-0.3, -0.25) is 0 Å². The highest BCUT2D eigenvalue weighted by Gasteiger charge is 2.09. The minimum Gasteiger partial charge on any atom is -0.384 e. The molecule has 5 heteroatoms. The lowest BCUT2D eigenvalue weighted by Crippen LogP contribution is -1.97. The average Bonchev–Trinajstić information content (AvgIpc) is 2.49. The molecule has 0 fully saturated rings.